The summed E-state index contributed by atoms with van der Waals surface area (Å²) in [5.41, 5.74) is 2.40. The number of halogens is 1. The maximum atomic E-state index is 13.6. The van der Waals surface area contributed by atoms with Gasteiger partial charge in [-0.05, 0) is 51.1 Å². The van der Waals surface area contributed by atoms with E-state index in [4.69, 9.17) is 11.6 Å². The summed E-state index contributed by atoms with van der Waals surface area (Å²) < 4.78 is -0.260. The number of amides is 3. The predicted octanol–water partition coefficient (Wildman–Crippen LogP) is 4.92. The molecule has 5 nitrogen and oxygen atoms in total. The Bertz CT molecular complexity index is 947. The fourth-order valence-electron chi connectivity index (χ4n) is 3.99. The highest BCUT2D eigenvalue weighted by Crippen LogP contribution is 2.59. The van der Waals surface area contributed by atoms with Crippen molar-refractivity contribution in [1.29, 1.82) is 0 Å². The average molecular weight is 416 g/mol. The lowest BCUT2D eigenvalue weighted by Gasteiger charge is -2.33. The van der Waals surface area contributed by atoms with Crippen molar-refractivity contribution in [2.75, 3.05) is 23.3 Å². The molecule has 0 unspecified atom stereocenters. The zero-order valence-corrected chi connectivity index (χ0v) is 17.6. The highest BCUT2D eigenvalue weighted by atomic mass is 35.5. The number of hydrogen-bond donors (Lipinski definition) is 1. The van der Waals surface area contributed by atoms with E-state index < -0.39 is 4.87 Å². The molecule has 2 aliphatic rings. The lowest BCUT2D eigenvalue weighted by atomic mass is 10.1. The van der Waals surface area contributed by atoms with Gasteiger partial charge in [0, 0.05) is 34.1 Å². The Morgan fingerprint density at radius 2 is 1.86 bits per heavy atom. The molecule has 4 rings (SSSR count). The Morgan fingerprint density at radius 1 is 1.18 bits per heavy atom. The van der Waals surface area contributed by atoms with E-state index in [1.165, 1.54) is 0 Å². The largest absolute Gasteiger partial charge is 0.323 e. The van der Waals surface area contributed by atoms with Crippen LogP contribution in [0.15, 0.2) is 48.5 Å². The summed E-state index contributed by atoms with van der Waals surface area (Å²) in [6.45, 7) is 7.12. The van der Waals surface area contributed by atoms with Crippen LogP contribution in [0, 0.1) is 0 Å². The van der Waals surface area contributed by atoms with Gasteiger partial charge in [-0.25, -0.2) is 4.79 Å². The highest BCUT2D eigenvalue weighted by Gasteiger charge is 2.63. The first-order valence-corrected chi connectivity index (χ1v) is 10.4. The van der Waals surface area contributed by atoms with Crippen LogP contribution in [-0.2, 0) is 9.67 Å². The molecule has 2 heterocycles. The molecule has 0 radical (unpaired) electrons. The maximum absolute atomic E-state index is 13.6. The van der Waals surface area contributed by atoms with Crippen LogP contribution >= 0.6 is 23.4 Å². The molecule has 28 heavy (non-hydrogen) atoms. The Kier molecular flexibility index (Phi) is 4.59. The van der Waals surface area contributed by atoms with Gasteiger partial charge in [-0.15, -0.1) is 11.8 Å². The summed E-state index contributed by atoms with van der Waals surface area (Å²) in [7, 11) is 0. The summed E-state index contributed by atoms with van der Waals surface area (Å²) in [6.07, 6.45) is 0. The van der Waals surface area contributed by atoms with E-state index in [0.717, 1.165) is 11.3 Å². The Labute approximate surface area is 174 Å². The number of fused-ring (bicyclic) bond motifs is 2. The van der Waals surface area contributed by atoms with Crippen LogP contribution in [0.2, 0.25) is 5.02 Å². The number of urea groups is 1. The minimum absolute atomic E-state index is 0.0574. The van der Waals surface area contributed by atoms with Crippen molar-refractivity contribution in [3.05, 3.63) is 59.1 Å². The molecule has 0 aliphatic carbocycles. The number of hydrogen-bond acceptors (Lipinski definition) is 3. The van der Waals surface area contributed by atoms with Gasteiger partial charge >= 0.3 is 6.03 Å². The first-order valence-electron chi connectivity index (χ1n) is 9.24. The van der Waals surface area contributed by atoms with Gasteiger partial charge in [0.25, 0.3) is 5.91 Å². The number of carbonyl (C=O) groups excluding carboxylic acids is 2. The van der Waals surface area contributed by atoms with Gasteiger partial charge in [0.2, 0.25) is 0 Å². The minimum Gasteiger partial charge on any atom is -0.309 e. The van der Waals surface area contributed by atoms with E-state index in [1.807, 2.05) is 31.2 Å². The summed E-state index contributed by atoms with van der Waals surface area (Å²) in [5.74, 6) is -0.0574. The normalized spacial score (nSPS) is 22.6. The van der Waals surface area contributed by atoms with E-state index in [1.54, 1.807) is 45.8 Å². The second-order valence-corrected chi connectivity index (χ2v) is 9.93. The van der Waals surface area contributed by atoms with Crippen LogP contribution in [0.25, 0.3) is 0 Å². The molecule has 146 valence electrons. The summed E-state index contributed by atoms with van der Waals surface area (Å²) in [5, 5.41) is 3.53. The SMILES string of the molecule is CCN1C(=O)[C@@]2(SC(C)(C)CN2C(=O)Nc2ccc(Cl)cc2)c2ccccc21. The Morgan fingerprint density at radius 3 is 2.54 bits per heavy atom. The third kappa shape index (κ3) is 2.86. The van der Waals surface area contributed by atoms with Crippen molar-refractivity contribution in [1.82, 2.24) is 4.90 Å². The number of carbonyl (C=O) groups is 2. The van der Waals surface area contributed by atoms with E-state index in [-0.39, 0.29) is 16.7 Å². The first-order chi connectivity index (χ1) is 13.3. The molecule has 1 spiro atoms. The molecular formula is C21H22ClN3O2S. The van der Waals surface area contributed by atoms with Crippen molar-refractivity contribution in [2.45, 2.75) is 30.4 Å². The molecule has 0 bridgehead atoms. The summed E-state index contributed by atoms with van der Waals surface area (Å²) in [4.78, 5) is 29.3. The molecule has 1 fully saturated rings. The van der Waals surface area contributed by atoms with Crippen LogP contribution in [0.1, 0.15) is 26.3 Å². The van der Waals surface area contributed by atoms with E-state index in [0.29, 0.717) is 23.8 Å². The van der Waals surface area contributed by atoms with Crippen LogP contribution < -0.4 is 10.2 Å². The third-order valence-electron chi connectivity index (χ3n) is 5.09. The number of para-hydroxylation sites is 1. The van der Waals surface area contributed by atoms with Crippen molar-refractivity contribution in [3.63, 3.8) is 0 Å². The van der Waals surface area contributed by atoms with Crippen molar-refractivity contribution in [2.24, 2.45) is 0 Å². The number of nitrogens with one attached hydrogen (secondary N) is 1. The molecule has 1 atom stereocenters. The molecular weight excluding hydrogens is 394 g/mol. The van der Waals surface area contributed by atoms with Gasteiger partial charge in [-0.1, -0.05) is 29.8 Å². The number of nitrogens with zero attached hydrogens (tertiary/aromatic N) is 2. The van der Waals surface area contributed by atoms with Crippen LogP contribution in [0.3, 0.4) is 0 Å². The van der Waals surface area contributed by atoms with Gasteiger partial charge in [-0.2, -0.15) is 0 Å². The van der Waals surface area contributed by atoms with Gasteiger partial charge in [0.15, 0.2) is 4.87 Å². The number of benzene rings is 2. The van der Waals surface area contributed by atoms with Crippen LogP contribution in [0.4, 0.5) is 16.2 Å². The summed E-state index contributed by atoms with van der Waals surface area (Å²) in [6, 6.07) is 14.4. The molecule has 2 aromatic rings. The fraction of sp³-hybridized carbons (Fsp3) is 0.333. The van der Waals surface area contributed by atoms with Gasteiger partial charge in [0.1, 0.15) is 0 Å². The van der Waals surface area contributed by atoms with Gasteiger partial charge < -0.3 is 10.2 Å². The zero-order valence-electron chi connectivity index (χ0n) is 16.0. The molecule has 3 amide bonds. The average Bonchev–Trinajstić information content (AvgIpc) is 3.09. The Hall–Kier alpha value is -2.18. The van der Waals surface area contributed by atoms with Crippen LogP contribution in [-0.4, -0.2) is 34.7 Å². The predicted molar refractivity (Wildman–Crippen MR) is 115 cm³/mol. The third-order valence-corrected chi connectivity index (χ3v) is 6.94. The smallest absolute Gasteiger partial charge is 0.309 e. The fourth-order valence-corrected chi connectivity index (χ4v) is 5.85. The number of likely N-dealkylation sites (N-methyl/N-ethyl adjacent to an activating group) is 1. The standard InChI is InChI=1S/C21H22ClN3O2S/c1-4-24-17-8-6-5-7-16(17)21(18(24)26)25(13-20(2,3)28-21)19(27)23-15-11-9-14(22)10-12-15/h5-12H,4,13H2,1-3H3,(H,23,27)/t21-/m0/s1. The van der Waals surface area contributed by atoms with Gasteiger partial charge in [0.05, 0.1) is 5.69 Å². The number of anilines is 2. The topological polar surface area (TPSA) is 52.7 Å². The minimum atomic E-state index is -1.05. The quantitative estimate of drug-likeness (QED) is 0.757. The summed E-state index contributed by atoms with van der Waals surface area (Å²) >= 11 is 7.49. The molecule has 2 aromatic carbocycles. The molecule has 7 heteroatoms. The molecule has 0 aromatic heterocycles. The second-order valence-electron chi connectivity index (χ2n) is 7.60. The number of thioether (sulfide) groups is 1. The number of rotatable bonds is 2. The maximum Gasteiger partial charge on any atom is 0.323 e. The van der Waals surface area contributed by atoms with Gasteiger partial charge in [-0.3, -0.25) is 9.69 Å². The highest BCUT2D eigenvalue weighted by molar-refractivity contribution is 8.02. The lowest BCUT2D eigenvalue weighted by molar-refractivity contribution is -0.123. The lowest BCUT2D eigenvalue weighted by Crippen LogP contribution is -2.51. The Balaban J connectivity index is 1.77. The molecule has 2 aliphatic heterocycles. The van der Waals surface area contributed by atoms with E-state index in [2.05, 4.69) is 19.2 Å². The van der Waals surface area contributed by atoms with Crippen LogP contribution in [0.5, 0.6) is 0 Å². The molecule has 0 saturated carbocycles. The first kappa shape index (κ1) is 19.2. The monoisotopic (exact) mass is 415 g/mol. The molecule has 1 saturated heterocycles. The second kappa shape index (κ2) is 6.71. The zero-order chi connectivity index (χ0) is 20.1. The van der Waals surface area contributed by atoms with E-state index >= 15 is 0 Å². The molecule has 1 N–H and O–H groups in total. The van der Waals surface area contributed by atoms with Crippen molar-refractivity contribution in [3.8, 4) is 0 Å². The van der Waals surface area contributed by atoms with Crippen molar-refractivity contribution < 1.29 is 9.59 Å². The van der Waals surface area contributed by atoms with Crippen molar-refractivity contribution >= 4 is 46.7 Å². The van der Waals surface area contributed by atoms with E-state index in [9.17, 15) is 9.59 Å².